The van der Waals surface area contributed by atoms with Crippen molar-refractivity contribution in [2.45, 2.75) is 84.5 Å². The van der Waals surface area contributed by atoms with Gasteiger partial charge in [0.1, 0.15) is 5.60 Å². The normalized spacial score (nSPS) is 30.1. The van der Waals surface area contributed by atoms with Gasteiger partial charge in [-0.3, -0.25) is 0 Å². The molecule has 160 valence electrons. The highest BCUT2D eigenvalue weighted by atomic mass is 16.3. The molecule has 0 aromatic heterocycles. The van der Waals surface area contributed by atoms with Gasteiger partial charge in [0.2, 0.25) is 0 Å². The zero-order chi connectivity index (χ0) is 21.8. The Hall–Kier alpha value is -1.60. The molecule has 3 heteroatoms. The summed E-state index contributed by atoms with van der Waals surface area (Å²) < 4.78 is 0. The standard InChI is InChI=1S/C26H38O3/c1-18(10-9-15-25(3,4)29)23-14-8-13-21(26(23,5)6)12-7-11-20-16-22(27)17-24(28)19(20)2/h7,11-12,14,18,21-22,24,27-29H,2,8,10,13,16-17H2,1,3-6H3/b12-7+,20-11-/t18-,21?,22-,24+/m1/s1. The van der Waals surface area contributed by atoms with Crippen LogP contribution in [0.2, 0.25) is 0 Å². The van der Waals surface area contributed by atoms with Gasteiger partial charge in [0.05, 0.1) is 12.2 Å². The van der Waals surface area contributed by atoms with E-state index >= 15 is 0 Å². The quantitative estimate of drug-likeness (QED) is 0.475. The molecule has 1 saturated carbocycles. The Bertz CT molecular complexity index is 749. The van der Waals surface area contributed by atoms with E-state index in [9.17, 15) is 15.3 Å². The van der Waals surface area contributed by atoms with Crippen LogP contribution >= 0.6 is 0 Å². The third-order valence-corrected chi connectivity index (χ3v) is 6.25. The van der Waals surface area contributed by atoms with Crippen LogP contribution in [0, 0.1) is 29.1 Å². The Kier molecular flexibility index (Phi) is 7.74. The minimum absolute atomic E-state index is 0.0334. The lowest BCUT2D eigenvalue weighted by molar-refractivity contribution is 0.0862. The van der Waals surface area contributed by atoms with Crippen molar-refractivity contribution in [3.05, 3.63) is 47.6 Å². The van der Waals surface area contributed by atoms with E-state index in [1.807, 2.05) is 6.08 Å². The van der Waals surface area contributed by atoms with Gasteiger partial charge in [-0.1, -0.05) is 69.1 Å². The van der Waals surface area contributed by atoms with Crippen molar-refractivity contribution < 1.29 is 15.3 Å². The third-order valence-electron chi connectivity index (χ3n) is 6.25. The molecule has 3 nitrogen and oxygen atoms in total. The molecule has 1 fully saturated rings. The second-order valence-corrected chi connectivity index (χ2v) is 9.74. The summed E-state index contributed by atoms with van der Waals surface area (Å²) in [6.45, 7) is 14.2. The highest BCUT2D eigenvalue weighted by molar-refractivity contribution is 5.37. The van der Waals surface area contributed by atoms with Crippen LogP contribution in [0.15, 0.2) is 47.6 Å². The summed E-state index contributed by atoms with van der Waals surface area (Å²) in [5.74, 6) is 6.83. The van der Waals surface area contributed by atoms with Crippen molar-refractivity contribution >= 4 is 0 Å². The summed E-state index contributed by atoms with van der Waals surface area (Å²) in [5, 5.41) is 29.7. The maximum Gasteiger partial charge on any atom is 0.119 e. The average Bonchev–Trinajstić information content (AvgIpc) is 2.58. The van der Waals surface area contributed by atoms with E-state index in [0.29, 0.717) is 24.7 Å². The monoisotopic (exact) mass is 398 g/mol. The molecule has 3 N–H and O–H groups in total. The van der Waals surface area contributed by atoms with E-state index in [2.05, 4.69) is 57.4 Å². The molecule has 1 unspecified atom stereocenters. The predicted octanol–water partition coefficient (Wildman–Crippen LogP) is 4.70. The van der Waals surface area contributed by atoms with Crippen molar-refractivity contribution in [2.24, 2.45) is 17.3 Å². The molecule has 0 saturated heterocycles. The molecule has 0 amide bonds. The molecule has 0 aromatic carbocycles. The first-order chi connectivity index (χ1) is 13.4. The van der Waals surface area contributed by atoms with E-state index in [-0.39, 0.29) is 5.41 Å². The molecule has 2 aliphatic carbocycles. The van der Waals surface area contributed by atoms with Gasteiger partial charge in [-0.25, -0.2) is 0 Å². The van der Waals surface area contributed by atoms with Crippen molar-refractivity contribution in [1.29, 1.82) is 0 Å². The van der Waals surface area contributed by atoms with Crippen LogP contribution in [-0.4, -0.2) is 33.1 Å². The number of aliphatic hydroxyl groups excluding tert-OH is 2. The SMILES string of the molecule is C=C1/C(=C\C=C\C2CCC=C([C@H](C)CC#CC(C)(C)O)C2(C)C)C[C@@H](O)C[C@@H]1O. The molecular weight excluding hydrogens is 360 g/mol. The first-order valence-corrected chi connectivity index (χ1v) is 10.8. The van der Waals surface area contributed by atoms with Crippen LogP contribution in [0.25, 0.3) is 0 Å². The summed E-state index contributed by atoms with van der Waals surface area (Å²) in [7, 11) is 0. The Morgan fingerprint density at radius 2 is 2.03 bits per heavy atom. The van der Waals surface area contributed by atoms with E-state index in [1.54, 1.807) is 13.8 Å². The van der Waals surface area contributed by atoms with Gasteiger partial charge in [0.25, 0.3) is 0 Å². The molecule has 0 radical (unpaired) electrons. The number of rotatable bonds is 4. The second-order valence-electron chi connectivity index (χ2n) is 9.74. The lowest BCUT2D eigenvalue weighted by atomic mass is 9.64. The minimum Gasteiger partial charge on any atom is -0.393 e. The summed E-state index contributed by atoms with van der Waals surface area (Å²) in [5.41, 5.74) is 2.18. The van der Waals surface area contributed by atoms with Crippen LogP contribution in [0.5, 0.6) is 0 Å². The zero-order valence-corrected chi connectivity index (χ0v) is 18.7. The van der Waals surface area contributed by atoms with Crippen LogP contribution in [0.1, 0.15) is 66.7 Å². The maximum absolute atomic E-state index is 10.0. The lowest BCUT2D eigenvalue weighted by Gasteiger charge is -2.41. The number of allylic oxidation sites excluding steroid dienone is 5. The number of aliphatic hydroxyl groups is 3. The smallest absolute Gasteiger partial charge is 0.119 e. The summed E-state index contributed by atoms with van der Waals surface area (Å²) >= 11 is 0. The second kappa shape index (κ2) is 9.47. The molecular formula is C26H38O3. The molecule has 2 rings (SSSR count). The topological polar surface area (TPSA) is 60.7 Å². The Labute approximate surface area is 176 Å². The molecule has 29 heavy (non-hydrogen) atoms. The van der Waals surface area contributed by atoms with Gasteiger partial charge < -0.3 is 15.3 Å². The Balaban J connectivity index is 2.10. The third kappa shape index (κ3) is 6.44. The fraction of sp³-hybridized carbons (Fsp3) is 0.615. The molecule has 2 aliphatic rings. The zero-order valence-electron chi connectivity index (χ0n) is 18.7. The van der Waals surface area contributed by atoms with Crippen LogP contribution in [0.3, 0.4) is 0 Å². The first kappa shape index (κ1) is 23.7. The average molecular weight is 399 g/mol. The molecule has 4 atom stereocenters. The largest absolute Gasteiger partial charge is 0.393 e. The van der Waals surface area contributed by atoms with Crippen LogP contribution in [-0.2, 0) is 0 Å². The number of hydrogen-bond donors (Lipinski definition) is 3. The lowest BCUT2D eigenvalue weighted by Crippen LogP contribution is -2.31. The Morgan fingerprint density at radius 1 is 1.34 bits per heavy atom. The van der Waals surface area contributed by atoms with Gasteiger partial charge in [0, 0.05) is 12.8 Å². The van der Waals surface area contributed by atoms with Gasteiger partial charge in [0.15, 0.2) is 0 Å². The van der Waals surface area contributed by atoms with E-state index in [0.717, 1.165) is 30.4 Å². The van der Waals surface area contributed by atoms with Gasteiger partial charge >= 0.3 is 0 Å². The highest BCUT2D eigenvalue weighted by Crippen LogP contribution is 2.46. The molecule has 0 aromatic rings. The molecule has 0 heterocycles. The fourth-order valence-electron chi connectivity index (χ4n) is 4.52. The van der Waals surface area contributed by atoms with Gasteiger partial charge in [-0.15, -0.1) is 0 Å². The van der Waals surface area contributed by atoms with Crippen molar-refractivity contribution in [3.63, 3.8) is 0 Å². The van der Waals surface area contributed by atoms with Crippen LogP contribution in [0.4, 0.5) is 0 Å². The fourth-order valence-corrected chi connectivity index (χ4v) is 4.52. The highest BCUT2D eigenvalue weighted by Gasteiger charge is 2.35. The van der Waals surface area contributed by atoms with E-state index < -0.39 is 17.8 Å². The van der Waals surface area contributed by atoms with Crippen molar-refractivity contribution in [1.82, 2.24) is 0 Å². The van der Waals surface area contributed by atoms with Crippen molar-refractivity contribution in [2.75, 3.05) is 0 Å². The summed E-state index contributed by atoms with van der Waals surface area (Å²) in [6.07, 6.45) is 11.4. The summed E-state index contributed by atoms with van der Waals surface area (Å²) in [6, 6.07) is 0. The maximum atomic E-state index is 10.0. The first-order valence-electron chi connectivity index (χ1n) is 10.8. The molecule has 0 spiro atoms. The van der Waals surface area contributed by atoms with E-state index in [1.165, 1.54) is 5.57 Å². The molecule has 0 aliphatic heterocycles. The molecule has 0 bridgehead atoms. The van der Waals surface area contributed by atoms with Gasteiger partial charge in [-0.05, 0) is 61.5 Å². The summed E-state index contributed by atoms with van der Waals surface area (Å²) in [4.78, 5) is 0. The minimum atomic E-state index is -0.945. The van der Waals surface area contributed by atoms with Crippen molar-refractivity contribution in [3.8, 4) is 11.8 Å². The van der Waals surface area contributed by atoms with E-state index in [4.69, 9.17) is 0 Å². The number of hydrogen-bond acceptors (Lipinski definition) is 3. The Morgan fingerprint density at radius 3 is 2.69 bits per heavy atom. The van der Waals surface area contributed by atoms with Crippen LogP contribution < -0.4 is 0 Å². The van der Waals surface area contributed by atoms with Gasteiger partial charge in [-0.2, -0.15) is 0 Å². The predicted molar refractivity (Wildman–Crippen MR) is 120 cm³/mol.